The summed E-state index contributed by atoms with van der Waals surface area (Å²) in [6, 6.07) is 6.18. The minimum absolute atomic E-state index is 0.00737. The average molecular weight is 601 g/mol. The van der Waals surface area contributed by atoms with Gasteiger partial charge in [-0.3, -0.25) is 9.88 Å². The van der Waals surface area contributed by atoms with E-state index in [0.29, 0.717) is 46.1 Å². The number of ether oxygens (including phenoxy) is 1. The van der Waals surface area contributed by atoms with Gasteiger partial charge in [-0.25, -0.2) is 8.78 Å². The Bertz CT molecular complexity index is 1770. The molecule has 2 aromatic heterocycles. The van der Waals surface area contributed by atoms with Crippen molar-refractivity contribution in [2.24, 2.45) is 0 Å². The summed E-state index contributed by atoms with van der Waals surface area (Å²) in [5.41, 5.74) is 0.967. The minimum Gasteiger partial charge on any atom is -0.508 e. The largest absolute Gasteiger partial charge is 0.508 e. The van der Waals surface area contributed by atoms with Gasteiger partial charge in [0.25, 0.3) is 0 Å². The van der Waals surface area contributed by atoms with Gasteiger partial charge in [0.2, 0.25) is 0 Å². The summed E-state index contributed by atoms with van der Waals surface area (Å²) in [5.74, 6) is -0.420. The highest BCUT2D eigenvalue weighted by molar-refractivity contribution is 6.01. The Morgan fingerprint density at radius 3 is 2.59 bits per heavy atom. The van der Waals surface area contributed by atoms with Gasteiger partial charge in [-0.15, -0.1) is 0 Å². The SMILES string of the molecule is CCc1c(F)ccc2cc(O)cc(-c3ncc4c(N5CCNC6(CCC6)C5)nc(OCC56CCCN5CCC6)nc4c3F)c12. The predicted octanol–water partition coefficient (Wildman–Crippen LogP) is 5.73. The lowest BCUT2D eigenvalue weighted by Crippen LogP contribution is -2.64. The summed E-state index contributed by atoms with van der Waals surface area (Å²) in [5, 5.41) is 16.0. The highest BCUT2D eigenvalue weighted by Gasteiger charge is 2.45. The van der Waals surface area contributed by atoms with Crippen LogP contribution in [0.4, 0.5) is 14.6 Å². The standard InChI is InChI=1S/C34H38F2N6O2/c1-2-23-26(35)7-6-21-16-22(43)17-24(27(21)23)29-28(36)30-25(18-37-29)31(41-15-12-38-33(19-41)8-3-9-33)40-32(39-30)44-20-34-10-4-13-42(34)14-5-11-34/h6-7,16-18,38,43H,2-5,8-15,19-20H2,1H3. The molecule has 1 aliphatic carbocycles. The zero-order valence-electron chi connectivity index (χ0n) is 25.1. The van der Waals surface area contributed by atoms with Crippen LogP contribution in [-0.4, -0.2) is 75.4 Å². The number of hydrogen-bond acceptors (Lipinski definition) is 8. The number of phenols is 1. The first-order valence-electron chi connectivity index (χ1n) is 16.1. The van der Waals surface area contributed by atoms with Gasteiger partial charge in [-0.1, -0.05) is 13.0 Å². The highest BCUT2D eigenvalue weighted by Crippen LogP contribution is 2.42. The number of anilines is 1. The molecule has 4 aromatic rings. The molecule has 44 heavy (non-hydrogen) atoms. The van der Waals surface area contributed by atoms with Gasteiger partial charge in [0, 0.05) is 36.9 Å². The summed E-state index contributed by atoms with van der Waals surface area (Å²) in [6.45, 7) is 6.81. The topological polar surface area (TPSA) is 86.6 Å². The fourth-order valence-electron chi connectivity index (χ4n) is 8.28. The third-order valence-corrected chi connectivity index (χ3v) is 10.7. The van der Waals surface area contributed by atoms with Crippen molar-refractivity contribution >= 4 is 27.5 Å². The minimum atomic E-state index is -0.635. The number of nitrogens with one attached hydrogen (secondary N) is 1. The number of pyridine rings is 1. The lowest BCUT2D eigenvalue weighted by Gasteiger charge is -2.50. The number of hydrogen-bond donors (Lipinski definition) is 2. The number of fused-ring (bicyclic) bond motifs is 3. The van der Waals surface area contributed by atoms with Crippen LogP contribution in [-0.2, 0) is 6.42 Å². The molecule has 1 saturated carbocycles. The first kappa shape index (κ1) is 27.9. The van der Waals surface area contributed by atoms with E-state index in [1.54, 1.807) is 18.3 Å². The highest BCUT2D eigenvalue weighted by atomic mass is 19.1. The van der Waals surface area contributed by atoms with E-state index in [1.807, 2.05) is 6.92 Å². The normalized spacial score (nSPS) is 20.8. The Hall–Kier alpha value is -3.63. The maximum Gasteiger partial charge on any atom is 0.319 e. The Morgan fingerprint density at radius 2 is 1.84 bits per heavy atom. The van der Waals surface area contributed by atoms with E-state index in [0.717, 1.165) is 71.2 Å². The van der Waals surface area contributed by atoms with Crippen LogP contribution in [0.15, 0.2) is 30.5 Å². The second kappa shape index (κ2) is 10.5. The molecule has 10 heteroatoms. The number of rotatable bonds is 6. The third-order valence-electron chi connectivity index (χ3n) is 10.7. The van der Waals surface area contributed by atoms with E-state index < -0.39 is 5.82 Å². The fourth-order valence-corrected chi connectivity index (χ4v) is 8.28. The zero-order chi connectivity index (χ0) is 30.1. The molecule has 3 aliphatic heterocycles. The lowest BCUT2D eigenvalue weighted by atomic mass is 9.75. The Balaban J connectivity index is 1.27. The van der Waals surface area contributed by atoms with Crippen molar-refractivity contribution in [2.45, 2.75) is 69.4 Å². The Morgan fingerprint density at radius 1 is 1.02 bits per heavy atom. The maximum atomic E-state index is 16.8. The van der Waals surface area contributed by atoms with Crippen LogP contribution in [0.5, 0.6) is 11.8 Å². The molecule has 4 aliphatic rings. The molecule has 230 valence electrons. The number of aromatic hydroxyl groups is 1. The molecule has 0 radical (unpaired) electrons. The molecule has 0 amide bonds. The molecule has 8 rings (SSSR count). The van der Waals surface area contributed by atoms with Crippen LogP contribution >= 0.6 is 0 Å². The van der Waals surface area contributed by atoms with Gasteiger partial charge >= 0.3 is 6.01 Å². The predicted molar refractivity (Wildman–Crippen MR) is 166 cm³/mol. The van der Waals surface area contributed by atoms with E-state index in [1.165, 1.54) is 18.6 Å². The lowest BCUT2D eigenvalue weighted by molar-refractivity contribution is 0.107. The van der Waals surface area contributed by atoms with E-state index in [-0.39, 0.29) is 39.9 Å². The first-order valence-corrected chi connectivity index (χ1v) is 16.1. The second-order valence-corrected chi connectivity index (χ2v) is 13.2. The fraction of sp³-hybridized carbons (Fsp3) is 0.500. The Kier molecular flexibility index (Phi) is 6.64. The molecule has 2 aromatic carbocycles. The van der Waals surface area contributed by atoms with E-state index in [2.05, 4.69) is 25.1 Å². The number of aromatic nitrogens is 3. The molecule has 2 N–H and O–H groups in total. The third kappa shape index (κ3) is 4.40. The van der Waals surface area contributed by atoms with Crippen LogP contribution < -0.4 is 15.0 Å². The number of piperazine rings is 1. The van der Waals surface area contributed by atoms with Gasteiger partial charge in [-0.2, -0.15) is 9.97 Å². The average Bonchev–Trinajstić information content (AvgIpc) is 3.60. The number of benzene rings is 2. The number of halogens is 2. The van der Waals surface area contributed by atoms with Crippen molar-refractivity contribution in [3.8, 4) is 23.0 Å². The van der Waals surface area contributed by atoms with Gasteiger partial charge in [-0.05, 0) is 99.0 Å². The first-order chi connectivity index (χ1) is 21.4. The zero-order valence-corrected chi connectivity index (χ0v) is 25.1. The molecule has 1 spiro atoms. The number of nitrogens with zero attached hydrogens (tertiary/aromatic N) is 5. The van der Waals surface area contributed by atoms with Gasteiger partial charge in [0.15, 0.2) is 5.82 Å². The van der Waals surface area contributed by atoms with Crippen molar-refractivity contribution in [1.29, 1.82) is 0 Å². The monoisotopic (exact) mass is 600 g/mol. The molecule has 0 unspecified atom stereocenters. The van der Waals surface area contributed by atoms with Crippen molar-refractivity contribution in [1.82, 2.24) is 25.2 Å². The molecule has 8 nitrogen and oxygen atoms in total. The second-order valence-electron chi connectivity index (χ2n) is 13.2. The van der Waals surface area contributed by atoms with Crippen LogP contribution in [0, 0.1) is 11.6 Å². The number of phenolic OH excluding ortho intramolecular Hbond substituents is 1. The van der Waals surface area contributed by atoms with Gasteiger partial charge in [0.05, 0.1) is 10.9 Å². The van der Waals surface area contributed by atoms with Gasteiger partial charge in [0.1, 0.15) is 35.2 Å². The van der Waals surface area contributed by atoms with E-state index >= 15 is 4.39 Å². The van der Waals surface area contributed by atoms with Crippen molar-refractivity contribution < 1.29 is 18.6 Å². The quantitative estimate of drug-likeness (QED) is 0.290. The Labute approximate surface area is 255 Å². The molecule has 3 saturated heterocycles. The maximum absolute atomic E-state index is 16.8. The van der Waals surface area contributed by atoms with E-state index in [4.69, 9.17) is 9.72 Å². The summed E-state index contributed by atoms with van der Waals surface area (Å²) < 4.78 is 38.2. The van der Waals surface area contributed by atoms with Gasteiger partial charge < -0.3 is 20.1 Å². The van der Waals surface area contributed by atoms with Crippen molar-refractivity contribution in [3.63, 3.8) is 0 Å². The summed E-state index contributed by atoms with van der Waals surface area (Å²) in [7, 11) is 0. The molecule has 0 bridgehead atoms. The van der Waals surface area contributed by atoms with Crippen LogP contribution in [0.25, 0.3) is 32.9 Å². The van der Waals surface area contributed by atoms with Crippen molar-refractivity contribution in [3.05, 3.63) is 47.7 Å². The smallest absolute Gasteiger partial charge is 0.319 e. The molecular weight excluding hydrogens is 562 g/mol. The van der Waals surface area contributed by atoms with Crippen LogP contribution in [0.2, 0.25) is 0 Å². The molecule has 0 atom stereocenters. The number of aryl methyl sites for hydroxylation is 1. The summed E-state index contributed by atoms with van der Waals surface area (Å²) >= 11 is 0. The van der Waals surface area contributed by atoms with Crippen molar-refractivity contribution in [2.75, 3.05) is 44.2 Å². The molecule has 5 heterocycles. The van der Waals surface area contributed by atoms with Crippen LogP contribution in [0.3, 0.4) is 0 Å². The summed E-state index contributed by atoms with van der Waals surface area (Å²) in [6.07, 6.45) is 9.89. The molecular formula is C34H38F2N6O2. The summed E-state index contributed by atoms with van der Waals surface area (Å²) in [4.78, 5) is 18.9. The molecule has 4 fully saturated rings. The van der Waals surface area contributed by atoms with Crippen LogP contribution in [0.1, 0.15) is 57.4 Å². The van der Waals surface area contributed by atoms with E-state index in [9.17, 15) is 9.50 Å².